The van der Waals surface area contributed by atoms with E-state index in [9.17, 15) is 0 Å². The Balaban J connectivity index is 2.12. The largest absolute Gasteiger partial charge is 0.369 e. The average Bonchev–Trinajstić information content (AvgIpc) is 2.82. The molecule has 3 heteroatoms. The number of hydrogen-bond donors (Lipinski definition) is 1. The first-order chi connectivity index (χ1) is 9.13. The zero-order chi connectivity index (χ0) is 13.8. The molecular formula is C16H25BrN2. The van der Waals surface area contributed by atoms with Crippen LogP contribution >= 0.6 is 15.9 Å². The molecule has 0 bridgehead atoms. The van der Waals surface area contributed by atoms with E-state index in [1.165, 1.54) is 41.5 Å². The van der Waals surface area contributed by atoms with Gasteiger partial charge in [-0.2, -0.15) is 0 Å². The van der Waals surface area contributed by atoms with Gasteiger partial charge in [-0.1, -0.05) is 28.9 Å². The van der Waals surface area contributed by atoms with Crippen LogP contribution in [0.2, 0.25) is 0 Å². The van der Waals surface area contributed by atoms with Crippen molar-refractivity contribution < 1.29 is 0 Å². The van der Waals surface area contributed by atoms with Crippen molar-refractivity contribution in [2.45, 2.75) is 52.1 Å². The van der Waals surface area contributed by atoms with Crippen LogP contribution in [0, 0.1) is 0 Å². The molecule has 1 heterocycles. The van der Waals surface area contributed by atoms with Crippen molar-refractivity contribution in [1.82, 2.24) is 5.32 Å². The number of rotatable bonds is 5. The van der Waals surface area contributed by atoms with Crippen LogP contribution in [0.4, 0.5) is 5.69 Å². The molecule has 0 aliphatic carbocycles. The number of anilines is 1. The second-order valence-corrected chi connectivity index (χ2v) is 6.42. The maximum atomic E-state index is 3.74. The van der Waals surface area contributed by atoms with E-state index in [-0.39, 0.29) is 0 Å². The van der Waals surface area contributed by atoms with Gasteiger partial charge in [-0.05, 0) is 57.4 Å². The Morgan fingerprint density at radius 3 is 2.84 bits per heavy atom. The minimum Gasteiger partial charge on any atom is -0.369 e. The minimum atomic E-state index is 0.402. The lowest BCUT2D eigenvalue weighted by molar-refractivity contribution is 0.569. The highest BCUT2D eigenvalue weighted by atomic mass is 79.9. The predicted octanol–water partition coefficient (Wildman–Crippen LogP) is 4.50. The van der Waals surface area contributed by atoms with Crippen molar-refractivity contribution in [3.8, 4) is 0 Å². The smallest absolute Gasteiger partial charge is 0.0380 e. The summed E-state index contributed by atoms with van der Waals surface area (Å²) in [6.45, 7) is 9.01. The van der Waals surface area contributed by atoms with Gasteiger partial charge in [0.15, 0.2) is 0 Å². The summed E-state index contributed by atoms with van der Waals surface area (Å²) in [4.78, 5) is 2.51. The van der Waals surface area contributed by atoms with Crippen LogP contribution in [0.25, 0.3) is 0 Å². The molecule has 1 fully saturated rings. The summed E-state index contributed by atoms with van der Waals surface area (Å²) in [5.41, 5.74) is 2.70. The lowest BCUT2D eigenvalue weighted by atomic mass is 10.1. The number of hydrogen-bond acceptors (Lipinski definition) is 2. The van der Waals surface area contributed by atoms with Crippen LogP contribution in [0.5, 0.6) is 0 Å². The van der Waals surface area contributed by atoms with Gasteiger partial charge in [-0.3, -0.25) is 0 Å². The Labute approximate surface area is 125 Å². The molecule has 1 N–H and O–H groups in total. The highest BCUT2D eigenvalue weighted by Crippen LogP contribution is 2.31. The van der Waals surface area contributed by atoms with Gasteiger partial charge in [-0.15, -0.1) is 0 Å². The zero-order valence-corrected chi connectivity index (χ0v) is 13.8. The SMILES string of the molecule is CCCNC(C)c1ccc(N2CCCC2C)cc1Br. The molecule has 2 unspecified atom stereocenters. The molecule has 1 saturated heterocycles. The summed E-state index contributed by atoms with van der Waals surface area (Å²) >= 11 is 3.74. The van der Waals surface area contributed by atoms with Crippen LogP contribution < -0.4 is 10.2 Å². The summed E-state index contributed by atoms with van der Waals surface area (Å²) in [6.07, 6.45) is 3.80. The normalized spacial score (nSPS) is 20.8. The summed E-state index contributed by atoms with van der Waals surface area (Å²) in [7, 11) is 0. The molecule has 1 aromatic carbocycles. The van der Waals surface area contributed by atoms with Crippen LogP contribution in [0.15, 0.2) is 22.7 Å². The molecule has 0 spiro atoms. The molecule has 2 rings (SSSR count). The van der Waals surface area contributed by atoms with E-state index in [4.69, 9.17) is 0 Å². The van der Waals surface area contributed by atoms with Crippen LogP contribution in [-0.4, -0.2) is 19.1 Å². The second-order valence-electron chi connectivity index (χ2n) is 5.57. The maximum absolute atomic E-state index is 3.74. The van der Waals surface area contributed by atoms with Crippen molar-refractivity contribution in [1.29, 1.82) is 0 Å². The van der Waals surface area contributed by atoms with E-state index in [0.29, 0.717) is 12.1 Å². The lowest BCUT2D eigenvalue weighted by Gasteiger charge is -2.25. The highest BCUT2D eigenvalue weighted by Gasteiger charge is 2.21. The fraction of sp³-hybridized carbons (Fsp3) is 0.625. The molecule has 1 aromatic rings. The first-order valence-corrected chi connectivity index (χ1v) is 8.22. The monoisotopic (exact) mass is 324 g/mol. The average molecular weight is 325 g/mol. The third kappa shape index (κ3) is 3.51. The summed E-state index contributed by atoms with van der Waals surface area (Å²) in [5.74, 6) is 0. The molecule has 1 aliphatic heterocycles. The molecule has 0 aromatic heterocycles. The van der Waals surface area contributed by atoms with E-state index in [2.05, 4.69) is 65.1 Å². The Kier molecular flexibility index (Phi) is 5.28. The molecule has 2 nitrogen and oxygen atoms in total. The number of halogens is 1. The highest BCUT2D eigenvalue weighted by molar-refractivity contribution is 9.10. The molecule has 1 aliphatic rings. The maximum Gasteiger partial charge on any atom is 0.0380 e. The van der Waals surface area contributed by atoms with Gasteiger partial charge in [0, 0.05) is 28.8 Å². The number of benzene rings is 1. The summed E-state index contributed by atoms with van der Waals surface area (Å²) in [6, 6.07) is 7.89. The Hall–Kier alpha value is -0.540. The molecule has 19 heavy (non-hydrogen) atoms. The summed E-state index contributed by atoms with van der Waals surface area (Å²) < 4.78 is 1.22. The van der Waals surface area contributed by atoms with Gasteiger partial charge in [0.2, 0.25) is 0 Å². The number of nitrogens with zero attached hydrogens (tertiary/aromatic N) is 1. The van der Waals surface area contributed by atoms with Gasteiger partial charge in [0.25, 0.3) is 0 Å². The second kappa shape index (κ2) is 6.76. The minimum absolute atomic E-state index is 0.402. The molecule has 2 atom stereocenters. The van der Waals surface area contributed by atoms with Crippen molar-refractivity contribution in [3.63, 3.8) is 0 Å². The van der Waals surface area contributed by atoms with Gasteiger partial charge >= 0.3 is 0 Å². The molecule has 0 saturated carbocycles. The van der Waals surface area contributed by atoms with E-state index < -0.39 is 0 Å². The van der Waals surface area contributed by atoms with Crippen LogP contribution in [-0.2, 0) is 0 Å². The van der Waals surface area contributed by atoms with Gasteiger partial charge in [-0.25, -0.2) is 0 Å². The lowest BCUT2D eigenvalue weighted by Crippen LogP contribution is -2.26. The summed E-state index contributed by atoms with van der Waals surface area (Å²) in [5, 5.41) is 3.54. The zero-order valence-electron chi connectivity index (χ0n) is 12.2. The fourth-order valence-corrected chi connectivity index (χ4v) is 3.54. The molecule has 0 amide bonds. The third-order valence-corrected chi connectivity index (χ3v) is 4.72. The van der Waals surface area contributed by atoms with E-state index in [1.54, 1.807) is 0 Å². The third-order valence-electron chi connectivity index (χ3n) is 4.04. The predicted molar refractivity (Wildman–Crippen MR) is 86.9 cm³/mol. The van der Waals surface area contributed by atoms with Crippen molar-refractivity contribution in [3.05, 3.63) is 28.2 Å². The Morgan fingerprint density at radius 1 is 1.47 bits per heavy atom. The van der Waals surface area contributed by atoms with Gasteiger partial charge in [0.1, 0.15) is 0 Å². The van der Waals surface area contributed by atoms with E-state index in [0.717, 1.165) is 6.54 Å². The first-order valence-electron chi connectivity index (χ1n) is 7.43. The van der Waals surface area contributed by atoms with Crippen LogP contribution in [0.3, 0.4) is 0 Å². The number of nitrogens with one attached hydrogen (secondary N) is 1. The fourth-order valence-electron chi connectivity index (χ4n) is 2.83. The topological polar surface area (TPSA) is 15.3 Å². The van der Waals surface area contributed by atoms with Crippen LogP contribution in [0.1, 0.15) is 51.6 Å². The van der Waals surface area contributed by atoms with Gasteiger partial charge < -0.3 is 10.2 Å². The van der Waals surface area contributed by atoms with E-state index in [1.807, 2.05) is 0 Å². The quantitative estimate of drug-likeness (QED) is 0.857. The Morgan fingerprint density at radius 2 is 2.26 bits per heavy atom. The van der Waals surface area contributed by atoms with Crippen molar-refractivity contribution in [2.24, 2.45) is 0 Å². The first kappa shape index (κ1) is 14.9. The Bertz CT molecular complexity index is 419. The van der Waals surface area contributed by atoms with Gasteiger partial charge in [0.05, 0.1) is 0 Å². The van der Waals surface area contributed by atoms with E-state index >= 15 is 0 Å². The molecule has 106 valence electrons. The molecular weight excluding hydrogens is 300 g/mol. The van der Waals surface area contributed by atoms with Crippen molar-refractivity contribution >= 4 is 21.6 Å². The van der Waals surface area contributed by atoms with Crippen molar-refractivity contribution in [2.75, 3.05) is 18.0 Å². The molecule has 0 radical (unpaired) electrons. The standard InChI is InChI=1S/C16H25BrN2/c1-4-9-18-13(3)15-8-7-14(11-16(15)17)19-10-5-6-12(19)2/h7-8,11-13,18H,4-6,9-10H2,1-3H3.